The molecule has 1 aromatic rings. The third-order valence-electron chi connectivity index (χ3n) is 2.25. The van der Waals surface area contributed by atoms with Gasteiger partial charge in [-0.15, -0.1) is 0 Å². The molecule has 5 nitrogen and oxygen atoms in total. The van der Waals surface area contributed by atoms with Gasteiger partial charge in [-0.05, 0) is 25.5 Å². The van der Waals surface area contributed by atoms with E-state index in [1.165, 1.54) is 13.2 Å². The van der Waals surface area contributed by atoms with Crippen molar-refractivity contribution in [3.05, 3.63) is 23.3 Å². The van der Waals surface area contributed by atoms with Crippen LogP contribution in [0.3, 0.4) is 0 Å². The first-order chi connectivity index (χ1) is 8.02. The maximum atomic E-state index is 11.8. The molecule has 1 rings (SSSR count). The van der Waals surface area contributed by atoms with E-state index in [-0.39, 0.29) is 23.7 Å². The lowest BCUT2D eigenvalue weighted by Crippen LogP contribution is -2.18. The van der Waals surface area contributed by atoms with Gasteiger partial charge >= 0.3 is 5.97 Å². The smallest absolute Gasteiger partial charge is 0.379 e. The van der Waals surface area contributed by atoms with Crippen LogP contribution in [0.1, 0.15) is 22.8 Å². The second kappa shape index (κ2) is 5.34. The third kappa shape index (κ3) is 2.55. The van der Waals surface area contributed by atoms with E-state index in [0.717, 1.165) is 0 Å². The van der Waals surface area contributed by atoms with Crippen LogP contribution in [0.4, 0.5) is 0 Å². The van der Waals surface area contributed by atoms with Crippen molar-refractivity contribution in [3.8, 4) is 11.5 Å². The van der Waals surface area contributed by atoms with Crippen LogP contribution in [0.15, 0.2) is 12.1 Å². The van der Waals surface area contributed by atoms with Crippen molar-refractivity contribution in [1.82, 2.24) is 0 Å². The first kappa shape index (κ1) is 13.0. The van der Waals surface area contributed by atoms with Crippen molar-refractivity contribution < 1.29 is 24.2 Å². The number of Topliss-reactive ketones (excluding diaryl/α,β-unsaturated/α-hetero) is 1. The van der Waals surface area contributed by atoms with Gasteiger partial charge in [0.15, 0.2) is 0 Å². The molecule has 0 fully saturated rings. The number of rotatable bonds is 4. The molecule has 1 N–H and O–H groups in total. The highest BCUT2D eigenvalue weighted by Crippen LogP contribution is 2.31. The van der Waals surface area contributed by atoms with Crippen LogP contribution in [0.2, 0.25) is 0 Å². The number of carbonyl (C=O) groups excluding carboxylic acids is 2. The van der Waals surface area contributed by atoms with Crippen LogP contribution in [0.5, 0.6) is 11.5 Å². The van der Waals surface area contributed by atoms with Crippen molar-refractivity contribution >= 4 is 11.8 Å². The molecule has 1 aromatic carbocycles. The topological polar surface area (TPSA) is 72.8 Å². The van der Waals surface area contributed by atoms with Gasteiger partial charge in [0, 0.05) is 0 Å². The fourth-order valence-corrected chi connectivity index (χ4v) is 1.37. The monoisotopic (exact) mass is 238 g/mol. The summed E-state index contributed by atoms with van der Waals surface area (Å²) in [5.41, 5.74) is 0.324. The van der Waals surface area contributed by atoms with Gasteiger partial charge in [0.25, 0.3) is 5.78 Å². The summed E-state index contributed by atoms with van der Waals surface area (Å²) < 4.78 is 9.54. The molecule has 0 saturated heterocycles. The van der Waals surface area contributed by atoms with Gasteiger partial charge in [-0.2, -0.15) is 0 Å². The molecule has 0 aromatic heterocycles. The molecule has 0 spiro atoms. The van der Waals surface area contributed by atoms with Crippen LogP contribution >= 0.6 is 0 Å². The highest BCUT2D eigenvalue weighted by molar-refractivity contribution is 6.42. The Bertz CT molecular complexity index is 450. The van der Waals surface area contributed by atoms with Gasteiger partial charge in [-0.3, -0.25) is 4.79 Å². The van der Waals surface area contributed by atoms with Gasteiger partial charge in [-0.25, -0.2) is 4.79 Å². The number of methoxy groups -OCH3 is 1. The van der Waals surface area contributed by atoms with E-state index < -0.39 is 11.8 Å². The second-order valence-electron chi connectivity index (χ2n) is 3.36. The zero-order valence-corrected chi connectivity index (χ0v) is 9.94. The van der Waals surface area contributed by atoms with E-state index in [1.807, 2.05) is 0 Å². The minimum Gasteiger partial charge on any atom is -0.507 e. The molecule has 0 unspecified atom stereocenters. The Labute approximate surface area is 99.0 Å². The van der Waals surface area contributed by atoms with Crippen molar-refractivity contribution in [1.29, 1.82) is 0 Å². The molecule has 17 heavy (non-hydrogen) atoms. The summed E-state index contributed by atoms with van der Waals surface area (Å²) in [7, 11) is 1.35. The molecular weight excluding hydrogens is 224 g/mol. The number of hydrogen-bond acceptors (Lipinski definition) is 5. The van der Waals surface area contributed by atoms with Gasteiger partial charge in [0.1, 0.15) is 17.1 Å². The fourth-order valence-electron chi connectivity index (χ4n) is 1.37. The number of esters is 1. The Morgan fingerprint density at radius 2 is 2.00 bits per heavy atom. The zero-order valence-electron chi connectivity index (χ0n) is 9.94. The normalized spacial score (nSPS) is 9.82. The number of phenols is 1. The quantitative estimate of drug-likeness (QED) is 0.488. The number of phenolic OH excluding ortho intramolecular Hbond substituents is 1. The summed E-state index contributed by atoms with van der Waals surface area (Å²) in [5, 5.41) is 9.79. The number of ether oxygens (including phenoxy) is 2. The maximum Gasteiger partial charge on any atom is 0.379 e. The van der Waals surface area contributed by atoms with Crippen LogP contribution < -0.4 is 4.74 Å². The molecule has 0 aliphatic heterocycles. The van der Waals surface area contributed by atoms with E-state index in [2.05, 4.69) is 4.74 Å². The van der Waals surface area contributed by atoms with E-state index in [4.69, 9.17) is 4.74 Å². The molecular formula is C12H14O5. The number of benzene rings is 1. The van der Waals surface area contributed by atoms with Crippen LogP contribution in [0.25, 0.3) is 0 Å². The number of aromatic hydroxyl groups is 1. The molecule has 0 bridgehead atoms. The Morgan fingerprint density at radius 3 is 2.53 bits per heavy atom. The highest BCUT2D eigenvalue weighted by Gasteiger charge is 2.26. The number of carbonyl (C=O) groups is 2. The van der Waals surface area contributed by atoms with Gasteiger partial charge in [0.05, 0.1) is 13.7 Å². The number of hydrogen-bond donors (Lipinski definition) is 1. The molecule has 0 aliphatic rings. The average Bonchev–Trinajstić information content (AvgIpc) is 2.32. The van der Waals surface area contributed by atoms with Gasteiger partial charge in [0.2, 0.25) is 0 Å². The highest BCUT2D eigenvalue weighted by atomic mass is 16.5. The summed E-state index contributed by atoms with van der Waals surface area (Å²) in [6.07, 6.45) is 0. The fraction of sp³-hybridized carbons (Fsp3) is 0.333. The minimum atomic E-state index is -1.01. The molecule has 0 amide bonds. The van der Waals surface area contributed by atoms with Crippen LogP contribution in [0, 0.1) is 6.92 Å². The van der Waals surface area contributed by atoms with Crippen molar-refractivity contribution in [2.45, 2.75) is 13.8 Å². The predicted octanol–water partition coefficient (Wildman–Crippen LogP) is 1.46. The van der Waals surface area contributed by atoms with Crippen LogP contribution in [-0.4, -0.2) is 30.6 Å². The van der Waals surface area contributed by atoms with E-state index in [9.17, 15) is 14.7 Å². The summed E-state index contributed by atoms with van der Waals surface area (Å²) in [6, 6.07) is 3.11. The Balaban J connectivity index is 3.24. The first-order valence-corrected chi connectivity index (χ1v) is 5.10. The molecule has 0 aliphatic carbocycles. The van der Waals surface area contributed by atoms with Gasteiger partial charge in [-0.1, -0.05) is 6.07 Å². The lowest BCUT2D eigenvalue weighted by atomic mass is 10.0. The van der Waals surface area contributed by atoms with Crippen molar-refractivity contribution in [2.24, 2.45) is 0 Å². The Kier molecular flexibility index (Phi) is 4.09. The largest absolute Gasteiger partial charge is 0.507 e. The number of aryl methyl sites for hydroxylation is 1. The van der Waals surface area contributed by atoms with E-state index >= 15 is 0 Å². The maximum absolute atomic E-state index is 11.8. The molecule has 5 heteroatoms. The molecule has 92 valence electrons. The second-order valence-corrected chi connectivity index (χ2v) is 3.36. The van der Waals surface area contributed by atoms with Crippen LogP contribution in [-0.2, 0) is 9.53 Å². The zero-order chi connectivity index (χ0) is 13.0. The predicted molar refractivity (Wildman–Crippen MR) is 60.4 cm³/mol. The lowest BCUT2D eigenvalue weighted by Gasteiger charge is -2.10. The average molecular weight is 238 g/mol. The van der Waals surface area contributed by atoms with E-state index in [0.29, 0.717) is 5.56 Å². The summed E-state index contributed by atoms with van der Waals surface area (Å²) >= 11 is 0. The summed E-state index contributed by atoms with van der Waals surface area (Å²) in [4.78, 5) is 23.1. The Morgan fingerprint density at radius 1 is 1.35 bits per heavy atom. The molecule has 0 saturated carbocycles. The standard InChI is InChI=1S/C12H14O5/c1-4-17-12(15)11(14)9-8(16-3)6-5-7(2)10(9)13/h5-6,13H,4H2,1-3H3. The van der Waals surface area contributed by atoms with E-state index in [1.54, 1.807) is 19.9 Å². The summed E-state index contributed by atoms with van der Waals surface area (Å²) in [6.45, 7) is 3.31. The van der Waals surface area contributed by atoms with Crippen molar-refractivity contribution in [2.75, 3.05) is 13.7 Å². The summed E-state index contributed by atoms with van der Waals surface area (Å²) in [5.74, 6) is -2.04. The molecule has 0 heterocycles. The lowest BCUT2D eigenvalue weighted by molar-refractivity contribution is -0.137. The molecule has 0 radical (unpaired) electrons. The minimum absolute atomic E-state index is 0.0967. The number of ketones is 1. The van der Waals surface area contributed by atoms with Crippen molar-refractivity contribution in [3.63, 3.8) is 0 Å². The van der Waals surface area contributed by atoms with Gasteiger partial charge < -0.3 is 14.6 Å². The first-order valence-electron chi connectivity index (χ1n) is 5.10. The molecule has 0 atom stereocenters. The SMILES string of the molecule is CCOC(=O)C(=O)c1c(OC)ccc(C)c1O. The third-order valence-corrected chi connectivity index (χ3v) is 2.25. The Hall–Kier alpha value is -2.04.